The van der Waals surface area contributed by atoms with Crippen molar-refractivity contribution in [2.24, 2.45) is 0 Å². The Morgan fingerprint density at radius 2 is 0.768 bits per heavy atom. The third-order valence-electron chi connectivity index (χ3n) is 18.4. The van der Waals surface area contributed by atoms with E-state index in [2.05, 4.69) is 296 Å². The van der Waals surface area contributed by atoms with Gasteiger partial charge in [-0.2, -0.15) is 0 Å². The van der Waals surface area contributed by atoms with Crippen molar-refractivity contribution in [2.75, 3.05) is 14.7 Å². The summed E-state index contributed by atoms with van der Waals surface area (Å²) in [4.78, 5) is 7.31. The Bertz CT molecular complexity index is 4470. The lowest BCUT2D eigenvalue weighted by molar-refractivity contribution is 0.668. The molecule has 0 aliphatic carbocycles. The molecule has 0 radical (unpaired) electrons. The van der Waals surface area contributed by atoms with Crippen LogP contribution in [0, 0.1) is 69.2 Å². The summed E-state index contributed by atoms with van der Waals surface area (Å²) in [6.45, 7) is 22.3. The molecule has 400 valence electrons. The van der Waals surface area contributed by atoms with Crippen LogP contribution in [0.1, 0.15) is 77.9 Å². The van der Waals surface area contributed by atoms with Crippen LogP contribution in [0.4, 0.5) is 51.2 Å². The number of hydrogen-bond acceptors (Lipinski definition) is 5. The smallest absolute Gasteiger partial charge is 0.159 e. The van der Waals surface area contributed by atoms with Crippen molar-refractivity contribution in [1.29, 1.82) is 0 Å². The van der Waals surface area contributed by atoms with Gasteiger partial charge in [0.05, 0.1) is 28.2 Å². The average molecular weight is 1060 g/mol. The zero-order valence-corrected chi connectivity index (χ0v) is 48.4. The van der Waals surface area contributed by atoms with E-state index in [4.69, 9.17) is 8.83 Å². The maximum absolute atomic E-state index is 6.85. The van der Waals surface area contributed by atoms with E-state index in [1.165, 1.54) is 66.8 Å². The Kier molecular flexibility index (Phi) is 11.9. The van der Waals surface area contributed by atoms with E-state index in [9.17, 15) is 0 Å². The fourth-order valence-electron chi connectivity index (χ4n) is 13.4. The number of furan rings is 2. The van der Waals surface area contributed by atoms with E-state index in [1.54, 1.807) is 0 Å². The number of benzene rings is 11. The number of anilines is 9. The lowest BCUT2D eigenvalue weighted by Crippen LogP contribution is -2.38. The topological polar surface area (TPSA) is 36.0 Å². The monoisotopic (exact) mass is 1060 g/mol. The van der Waals surface area contributed by atoms with E-state index in [0.717, 1.165) is 106 Å². The lowest BCUT2D eigenvalue weighted by Gasteiger charge is -2.47. The van der Waals surface area contributed by atoms with Crippen molar-refractivity contribution in [3.05, 3.63) is 290 Å². The van der Waals surface area contributed by atoms with E-state index in [1.807, 2.05) is 0 Å². The lowest BCUT2D eigenvalue weighted by atomic mass is 9.62. The Balaban J connectivity index is 1.02. The van der Waals surface area contributed by atoms with Gasteiger partial charge >= 0.3 is 0 Å². The minimum Gasteiger partial charge on any atom is -0.454 e. The van der Waals surface area contributed by atoms with Gasteiger partial charge in [0.25, 0.3) is 0 Å². The largest absolute Gasteiger partial charge is 0.454 e. The first-order valence-electron chi connectivity index (χ1n) is 28.7. The highest BCUT2D eigenvalue weighted by Crippen LogP contribution is 2.59. The molecule has 5 nitrogen and oxygen atoms in total. The van der Waals surface area contributed by atoms with Crippen LogP contribution in [-0.2, 0) is 5.41 Å². The molecule has 0 fully saturated rings. The first-order valence-corrected chi connectivity index (χ1v) is 28.7. The van der Waals surface area contributed by atoms with Gasteiger partial charge in [-0.1, -0.05) is 139 Å². The SMILES string of the molecule is Cc1ccc(N2c3ccccc3C(c3ccc(N(c4cc(C)c(C)c(C)c4C)c4cccc5c4oc4ccccc45)cc3)(c3ccc(N(c4cc(C)c(C)c(C)c4C)c4cccc5c4oc4ccccc45)cc3)c3cc(C)ccc32)cc1. The van der Waals surface area contributed by atoms with Gasteiger partial charge < -0.3 is 23.5 Å². The van der Waals surface area contributed by atoms with E-state index < -0.39 is 5.41 Å². The maximum atomic E-state index is 6.85. The molecule has 82 heavy (non-hydrogen) atoms. The summed E-state index contributed by atoms with van der Waals surface area (Å²) in [5.41, 5.74) is 29.7. The number of nitrogens with zero attached hydrogens (tertiary/aromatic N) is 3. The van der Waals surface area contributed by atoms with Crippen LogP contribution in [0.2, 0.25) is 0 Å². The number of hydrogen-bond donors (Lipinski definition) is 0. The molecule has 2 aromatic heterocycles. The zero-order chi connectivity index (χ0) is 56.3. The fourth-order valence-corrected chi connectivity index (χ4v) is 13.4. The maximum Gasteiger partial charge on any atom is 0.159 e. The Labute approximate surface area is 480 Å². The molecule has 0 saturated heterocycles. The number of para-hydroxylation sites is 5. The first kappa shape index (κ1) is 50.6. The highest BCUT2D eigenvalue weighted by Gasteiger charge is 2.47. The molecule has 13 aromatic rings. The molecule has 0 N–H and O–H groups in total. The highest BCUT2D eigenvalue weighted by molar-refractivity contribution is 6.12. The molecule has 0 spiro atoms. The summed E-state index contributed by atoms with van der Waals surface area (Å²) in [5.74, 6) is 0. The molecule has 1 aliphatic heterocycles. The summed E-state index contributed by atoms with van der Waals surface area (Å²) >= 11 is 0. The van der Waals surface area contributed by atoms with Crippen LogP contribution in [-0.4, -0.2) is 0 Å². The molecule has 5 heteroatoms. The van der Waals surface area contributed by atoms with Crippen molar-refractivity contribution in [3.8, 4) is 0 Å². The van der Waals surface area contributed by atoms with Crippen LogP contribution in [0.3, 0.4) is 0 Å². The van der Waals surface area contributed by atoms with E-state index in [0.29, 0.717) is 0 Å². The molecule has 3 heterocycles. The molecule has 0 atom stereocenters. The van der Waals surface area contributed by atoms with Gasteiger partial charge in [-0.05, 0) is 221 Å². The molecule has 0 amide bonds. The number of fused-ring (bicyclic) bond motifs is 8. The Morgan fingerprint density at radius 3 is 1.28 bits per heavy atom. The van der Waals surface area contributed by atoms with E-state index >= 15 is 0 Å². The van der Waals surface area contributed by atoms with Gasteiger partial charge in [0, 0.05) is 50.0 Å². The van der Waals surface area contributed by atoms with Crippen molar-refractivity contribution < 1.29 is 8.83 Å². The first-order chi connectivity index (χ1) is 39.8. The molecule has 0 bridgehead atoms. The van der Waals surface area contributed by atoms with Crippen LogP contribution in [0.5, 0.6) is 0 Å². The van der Waals surface area contributed by atoms with Gasteiger partial charge in [-0.15, -0.1) is 0 Å². The van der Waals surface area contributed by atoms with Crippen LogP contribution in [0.15, 0.2) is 221 Å². The number of rotatable bonds is 9. The second-order valence-electron chi connectivity index (χ2n) is 22.9. The second-order valence-corrected chi connectivity index (χ2v) is 22.9. The normalized spacial score (nSPS) is 12.8. The Hall–Kier alpha value is -9.58. The fraction of sp³-hybridized carbons (Fsp3) is 0.143. The van der Waals surface area contributed by atoms with Crippen molar-refractivity contribution >= 4 is 95.1 Å². The zero-order valence-electron chi connectivity index (χ0n) is 48.4. The molecule has 11 aromatic carbocycles. The van der Waals surface area contributed by atoms with Crippen LogP contribution >= 0.6 is 0 Å². The van der Waals surface area contributed by atoms with Crippen LogP contribution in [0.25, 0.3) is 43.9 Å². The van der Waals surface area contributed by atoms with Gasteiger partial charge in [0.2, 0.25) is 0 Å². The summed E-state index contributed by atoms with van der Waals surface area (Å²) in [7, 11) is 0. The Morgan fingerprint density at radius 1 is 0.329 bits per heavy atom. The summed E-state index contributed by atoms with van der Waals surface area (Å²) in [6.07, 6.45) is 0. The summed E-state index contributed by atoms with van der Waals surface area (Å²) in [6, 6.07) is 78.5. The van der Waals surface area contributed by atoms with E-state index in [-0.39, 0.29) is 0 Å². The molecule has 0 unspecified atom stereocenters. The summed E-state index contributed by atoms with van der Waals surface area (Å²) < 4.78 is 13.7. The molecule has 1 aliphatic rings. The van der Waals surface area contributed by atoms with Crippen molar-refractivity contribution in [2.45, 2.75) is 74.7 Å². The quantitative estimate of drug-likeness (QED) is 0.144. The van der Waals surface area contributed by atoms with Gasteiger partial charge in [0.1, 0.15) is 11.2 Å². The standard InChI is InChI=1S/C77H65N3O2/c1-46-29-36-58(37-30-46)78-67-24-14-13-23-65(67)77(66-43-47(2)31-42-68(66)78,56-32-38-59(39-33-56)79(71-44-48(3)50(5)52(7)54(71)9)69-25-17-21-63-61-19-11-15-27-73(61)81-75(63)69)57-34-40-60(41-35-57)80(72-45-49(4)51(6)53(8)55(72)10)70-26-18-22-64-62-20-12-16-28-74(62)82-76(64)70/h11-45H,1-10H3. The second kappa shape index (κ2) is 19.3. The molecule has 0 saturated carbocycles. The van der Waals surface area contributed by atoms with Gasteiger partial charge in [-0.3, -0.25) is 0 Å². The number of aryl methyl sites for hydroxylation is 4. The molecule has 14 rings (SSSR count). The highest BCUT2D eigenvalue weighted by atomic mass is 16.3. The van der Waals surface area contributed by atoms with Crippen molar-refractivity contribution in [3.63, 3.8) is 0 Å². The average Bonchev–Trinajstić information content (AvgIpc) is 1.17. The van der Waals surface area contributed by atoms with Crippen LogP contribution < -0.4 is 14.7 Å². The minimum absolute atomic E-state index is 0.788. The van der Waals surface area contributed by atoms with Gasteiger partial charge in [-0.25, -0.2) is 0 Å². The molecular weight excluding hydrogens is 999 g/mol. The third kappa shape index (κ3) is 7.66. The van der Waals surface area contributed by atoms with Crippen molar-refractivity contribution in [1.82, 2.24) is 0 Å². The minimum atomic E-state index is -0.788. The third-order valence-corrected chi connectivity index (χ3v) is 18.4. The predicted molar refractivity (Wildman–Crippen MR) is 344 cm³/mol. The molecular formula is C77H65N3O2. The van der Waals surface area contributed by atoms with Gasteiger partial charge in [0.15, 0.2) is 11.2 Å². The predicted octanol–water partition coefficient (Wildman–Crippen LogP) is 21.7. The summed E-state index contributed by atoms with van der Waals surface area (Å²) in [5, 5.41) is 4.40.